The first-order valence-corrected chi connectivity index (χ1v) is 9.50. The molecule has 1 atom stereocenters. The third-order valence-electron chi connectivity index (χ3n) is 4.08. The standard InChI is InChI=1S/C21H20N2O4S/c1-12-4-5-13(2)17(10-12)22-21-23-19(24)18(28-21)11-15-6-8-16(9-7-15)27-14(3)20(25)26/h4-11,14H,1-3H3,(H,25,26)(H,22,23,24)/b18-11+. The Labute approximate surface area is 167 Å². The van der Waals surface area contributed by atoms with Gasteiger partial charge in [-0.15, -0.1) is 0 Å². The number of carbonyl (C=O) groups excluding carboxylic acids is 1. The molecule has 144 valence electrons. The molecule has 2 aromatic rings. The average molecular weight is 396 g/mol. The highest BCUT2D eigenvalue weighted by molar-refractivity contribution is 8.18. The fourth-order valence-electron chi connectivity index (χ4n) is 2.48. The molecule has 0 aromatic heterocycles. The molecule has 2 N–H and O–H groups in total. The van der Waals surface area contributed by atoms with Crippen LogP contribution in [-0.2, 0) is 9.59 Å². The number of thioether (sulfide) groups is 1. The van der Waals surface area contributed by atoms with Crippen molar-refractivity contribution in [2.75, 3.05) is 0 Å². The lowest BCUT2D eigenvalue weighted by Crippen LogP contribution is -2.22. The van der Waals surface area contributed by atoms with Crippen LogP contribution < -0.4 is 10.1 Å². The molecule has 1 unspecified atom stereocenters. The maximum Gasteiger partial charge on any atom is 0.344 e. The van der Waals surface area contributed by atoms with E-state index in [0.717, 1.165) is 22.4 Å². The van der Waals surface area contributed by atoms with E-state index in [4.69, 9.17) is 9.84 Å². The van der Waals surface area contributed by atoms with Crippen LogP contribution in [0.25, 0.3) is 6.08 Å². The largest absolute Gasteiger partial charge is 0.479 e. The van der Waals surface area contributed by atoms with Crippen molar-refractivity contribution in [3.8, 4) is 5.75 Å². The minimum absolute atomic E-state index is 0.200. The van der Waals surface area contributed by atoms with Gasteiger partial charge in [0.1, 0.15) is 5.75 Å². The third kappa shape index (κ3) is 4.80. The lowest BCUT2D eigenvalue weighted by molar-refractivity contribution is -0.144. The number of ether oxygens (including phenoxy) is 1. The number of amidine groups is 1. The van der Waals surface area contributed by atoms with Crippen LogP contribution in [0.4, 0.5) is 5.69 Å². The minimum atomic E-state index is -1.03. The Kier molecular flexibility index (Phi) is 5.84. The molecule has 0 saturated carbocycles. The van der Waals surface area contributed by atoms with Gasteiger partial charge in [0.2, 0.25) is 0 Å². The maximum atomic E-state index is 12.2. The Bertz CT molecular complexity index is 980. The van der Waals surface area contributed by atoms with E-state index in [1.807, 2.05) is 32.0 Å². The Morgan fingerprint density at radius 3 is 2.61 bits per heavy atom. The first-order valence-electron chi connectivity index (χ1n) is 8.68. The van der Waals surface area contributed by atoms with E-state index >= 15 is 0 Å². The summed E-state index contributed by atoms with van der Waals surface area (Å²) in [6, 6.07) is 12.9. The molecule has 1 heterocycles. The molecule has 1 aliphatic heterocycles. The van der Waals surface area contributed by atoms with Crippen LogP contribution in [0, 0.1) is 13.8 Å². The summed E-state index contributed by atoms with van der Waals surface area (Å²) >= 11 is 1.28. The van der Waals surface area contributed by atoms with Crippen molar-refractivity contribution in [2.45, 2.75) is 26.9 Å². The normalized spacial score (nSPS) is 17.6. The zero-order chi connectivity index (χ0) is 20.3. The van der Waals surface area contributed by atoms with Crippen LogP contribution in [0.1, 0.15) is 23.6 Å². The van der Waals surface area contributed by atoms with E-state index in [0.29, 0.717) is 15.8 Å². The summed E-state index contributed by atoms with van der Waals surface area (Å²) in [5, 5.41) is 12.2. The topological polar surface area (TPSA) is 88.0 Å². The molecule has 3 rings (SSSR count). The van der Waals surface area contributed by atoms with Gasteiger partial charge in [0.25, 0.3) is 5.91 Å². The second-order valence-electron chi connectivity index (χ2n) is 6.44. The quantitative estimate of drug-likeness (QED) is 0.745. The van der Waals surface area contributed by atoms with E-state index in [9.17, 15) is 9.59 Å². The Morgan fingerprint density at radius 1 is 1.21 bits per heavy atom. The highest BCUT2D eigenvalue weighted by atomic mass is 32.2. The Morgan fingerprint density at radius 2 is 1.93 bits per heavy atom. The van der Waals surface area contributed by atoms with Crippen molar-refractivity contribution in [3.05, 3.63) is 64.1 Å². The zero-order valence-electron chi connectivity index (χ0n) is 15.7. The molecule has 1 fully saturated rings. The monoisotopic (exact) mass is 396 g/mol. The number of aliphatic imine (C=N–C) groups is 1. The van der Waals surface area contributed by atoms with E-state index in [-0.39, 0.29) is 5.91 Å². The molecule has 7 heteroatoms. The Balaban J connectivity index is 1.74. The molecule has 1 amide bonds. The zero-order valence-corrected chi connectivity index (χ0v) is 16.5. The van der Waals surface area contributed by atoms with Gasteiger partial charge in [0, 0.05) is 0 Å². The molecule has 0 radical (unpaired) electrons. The maximum absolute atomic E-state index is 12.2. The molecule has 0 spiro atoms. The van der Waals surface area contributed by atoms with Gasteiger partial charge in [-0.3, -0.25) is 4.79 Å². The second kappa shape index (κ2) is 8.31. The lowest BCUT2D eigenvalue weighted by Gasteiger charge is -2.10. The molecule has 6 nitrogen and oxygen atoms in total. The molecule has 0 aliphatic carbocycles. The van der Waals surface area contributed by atoms with Gasteiger partial charge >= 0.3 is 5.97 Å². The Hall–Kier alpha value is -3.06. The number of aliphatic carboxylic acids is 1. The van der Waals surface area contributed by atoms with Gasteiger partial charge in [-0.05, 0) is 73.5 Å². The van der Waals surface area contributed by atoms with E-state index < -0.39 is 12.1 Å². The number of nitrogens with zero attached hydrogens (tertiary/aromatic N) is 1. The van der Waals surface area contributed by atoms with Gasteiger partial charge in [-0.2, -0.15) is 0 Å². The smallest absolute Gasteiger partial charge is 0.344 e. The number of hydrogen-bond donors (Lipinski definition) is 2. The average Bonchev–Trinajstić information content (AvgIpc) is 2.98. The molecule has 2 aromatic carbocycles. The number of nitrogens with one attached hydrogen (secondary N) is 1. The van der Waals surface area contributed by atoms with E-state index in [1.165, 1.54) is 18.7 Å². The second-order valence-corrected chi connectivity index (χ2v) is 7.47. The van der Waals surface area contributed by atoms with E-state index in [1.54, 1.807) is 30.3 Å². The minimum Gasteiger partial charge on any atom is -0.479 e. The van der Waals surface area contributed by atoms with Gasteiger partial charge in [-0.1, -0.05) is 24.3 Å². The van der Waals surface area contributed by atoms with Crippen molar-refractivity contribution in [1.82, 2.24) is 5.32 Å². The van der Waals surface area contributed by atoms with Crippen LogP contribution >= 0.6 is 11.8 Å². The molecule has 0 bridgehead atoms. The highest BCUT2D eigenvalue weighted by Gasteiger charge is 2.24. The first-order chi connectivity index (χ1) is 13.3. The summed E-state index contributed by atoms with van der Waals surface area (Å²) in [5.74, 6) is -0.771. The molecular weight excluding hydrogens is 376 g/mol. The SMILES string of the molecule is Cc1ccc(C)c(N=C2NC(=O)/C(=C\c3ccc(OC(C)C(=O)O)cc3)S2)c1. The number of aryl methyl sites for hydroxylation is 2. The fraction of sp³-hybridized carbons (Fsp3) is 0.190. The predicted molar refractivity (Wildman–Crippen MR) is 111 cm³/mol. The summed E-state index contributed by atoms with van der Waals surface area (Å²) < 4.78 is 5.30. The van der Waals surface area contributed by atoms with Crippen LogP contribution in [0.3, 0.4) is 0 Å². The van der Waals surface area contributed by atoms with E-state index in [2.05, 4.69) is 10.3 Å². The number of amides is 1. The van der Waals surface area contributed by atoms with Crippen molar-refractivity contribution >= 4 is 40.6 Å². The van der Waals surface area contributed by atoms with Gasteiger partial charge < -0.3 is 15.2 Å². The predicted octanol–water partition coefficient (Wildman–Crippen LogP) is 4.05. The third-order valence-corrected chi connectivity index (χ3v) is 4.99. The van der Waals surface area contributed by atoms with Crippen LogP contribution in [0.5, 0.6) is 5.75 Å². The highest BCUT2D eigenvalue weighted by Crippen LogP contribution is 2.29. The van der Waals surface area contributed by atoms with Crippen LogP contribution in [0.2, 0.25) is 0 Å². The lowest BCUT2D eigenvalue weighted by atomic mass is 10.1. The molecule has 1 aliphatic rings. The number of benzene rings is 2. The summed E-state index contributed by atoms with van der Waals surface area (Å²) in [6.07, 6.45) is 0.833. The van der Waals surface area contributed by atoms with Crippen LogP contribution in [-0.4, -0.2) is 28.3 Å². The summed E-state index contributed by atoms with van der Waals surface area (Å²) in [4.78, 5) is 28.2. The van der Waals surface area contributed by atoms with Gasteiger partial charge in [0.15, 0.2) is 11.3 Å². The van der Waals surface area contributed by atoms with Crippen molar-refractivity contribution in [3.63, 3.8) is 0 Å². The number of carboxylic acid groups (broad SMARTS) is 1. The molecule has 1 saturated heterocycles. The summed E-state index contributed by atoms with van der Waals surface area (Å²) in [5.41, 5.74) is 3.78. The van der Waals surface area contributed by atoms with Gasteiger partial charge in [0.05, 0.1) is 10.6 Å². The number of carbonyl (C=O) groups is 2. The first kappa shape index (κ1) is 19.7. The van der Waals surface area contributed by atoms with Gasteiger partial charge in [-0.25, -0.2) is 9.79 Å². The molecule has 28 heavy (non-hydrogen) atoms. The molecular formula is C21H20N2O4S. The van der Waals surface area contributed by atoms with Crippen molar-refractivity contribution < 1.29 is 19.4 Å². The number of rotatable bonds is 5. The number of carboxylic acids is 1. The summed E-state index contributed by atoms with van der Waals surface area (Å²) in [7, 11) is 0. The number of hydrogen-bond acceptors (Lipinski definition) is 5. The van der Waals surface area contributed by atoms with Crippen LogP contribution in [0.15, 0.2) is 52.4 Å². The van der Waals surface area contributed by atoms with Crippen molar-refractivity contribution in [2.24, 2.45) is 4.99 Å². The fourth-order valence-corrected chi connectivity index (χ4v) is 3.31. The summed E-state index contributed by atoms with van der Waals surface area (Å²) in [6.45, 7) is 5.44. The van der Waals surface area contributed by atoms with Crippen molar-refractivity contribution in [1.29, 1.82) is 0 Å².